The van der Waals surface area contributed by atoms with Crippen LogP contribution in [0.5, 0.6) is 0 Å². The molecule has 0 amide bonds. The molecule has 0 aliphatic carbocycles. The third-order valence-electron chi connectivity index (χ3n) is 1.91. The van der Waals surface area contributed by atoms with E-state index in [4.69, 9.17) is 21.1 Å². The molecule has 0 unspecified atom stereocenters. The lowest BCUT2D eigenvalue weighted by atomic mass is 10.2. The van der Waals surface area contributed by atoms with E-state index in [-0.39, 0.29) is 24.8 Å². The highest BCUT2D eigenvalue weighted by Crippen LogP contribution is 2.12. The average molecular weight is 257 g/mol. The Hall–Kier alpha value is -1.06. The molecule has 0 saturated heterocycles. The zero-order valence-electron chi connectivity index (χ0n) is 10.3. The minimum Gasteiger partial charge on any atom is -0.459 e. The molecule has 0 radical (unpaired) electrons. The number of carbonyl (C=O) groups excluding carboxylic acids is 1. The SMILES string of the molecule is CC(C)(C)OCC(=O)OCc1cccc(Cl)c1. The fourth-order valence-corrected chi connectivity index (χ4v) is 1.32. The molecule has 1 aromatic rings. The minimum atomic E-state index is -0.375. The molecule has 0 fully saturated rings. The molecule has 94 valence electrons. The van der Waals surface area contributed by atoms with E-state index >= 15 is 0 Å². The van der Waals surface area contributed by atoms with Crippen LogP contribution in [0.25, 0.3) is 0 Å². The predicted molar refractivity (Wildman–Crippen MR) is 67.0 cm³/mol. The fourth-order valence-electron chi connectivity index (χ4n) is 1.11. The number of rotatable bonds is 4. The fraction of sp³-hybridized carbons (Fsp3) is 0.462. The Balaban J connectivity index is 2.33. The summed E-state index contributed by atoms with van der Waals surface area (Å²) in [7, 11) is 0. The molecule has 3 nitrogen and oxygen atoms in total. The minimum absolute atomic E-state index is 0.0376. The van der Waals surface area contributed by atoms with Crippen molar-refractivity contribution in [2.45, 2.75) is 33.0 Å². The van der Waals surface area contributed by atoms with E-state index in [9.17, 15) is 4.79 Å². The van der Waals surface area contributed by atoms with Crippen LogP contribution in [0.3, 0.4) is 0 Å². The van der Waals surface area contributed by atoms with Gasteiger partial charge in [0.15, 0.2) is 0 Å². The van der Waals surface area contributed by atoms with E-state index in [1.807, 2.05) is 32.9 Å². The van der Waals surface area contributed by atoms with Crippen molar-refractivity contribution in [2.75, 3.05) is 6.61 Å². The highest BCUT2D eigenvalue weighted by Gasteiger charge is 2.13. The first-order chi connectivity index (χ1) is 7.87. The van der Waals surface area contributed by atoms with Crippen LogP contribution < -0.4 is 0 Å². The van der Waals surface area contributed by atoms with Crippen molar-refractivity contribution < 1.29 is 14.3 Å². The van der Waals surface area contributed by atoms with Gasteiger partial charge in [0, 0.05) is 5.02 Å². The van der Waals surface area contributed by atoms with Crippen LogP contribution in [0, 0.1) is 0 Å². The standard InChI is InChI=1S/C13H17ClO3/c1-13(2,3)17-9-12(15)16-8-10-5-4-6-11(14)7-10/h4-7H,8-9H2,1-3H3. The first kappa shape index (κ1) is 14.0. The summed E-state index contributed by atoms with van der Waals surface area (Å²) >= 11 is 5.82. The number of hydrogen-bond acceptors (Lipinski definition) is 3. The van der Waals surface area contributed by atoms with Crippen LogP contribution in [-0.2, 0) is 20.9 Å². The van der Waals surface area contributed by atoms with Gasteiger partial charge >= 0.3 is 5.97 Å². The van der Waals surface area contributed by atoms with Gasteiger partial charge in [-0.05, 0) is 38.5 Å². The van der Waals surface area contributed by atoms with E-state index in [0.29, 0.717) is 5.02 Å². The molecule has 0 N–H and O–H groups in total. The topological polar surface area (TPSA) is 35.5 Å². The highest BCUT2D eigenvalue weighted by molar-refractivity contribution is 6.30. The number of halogens is 1. The van der Waals surface area contributed by atoms with Crippen LogP contribution in [-0.4, -0.2) is 18.2 Å². The third kappa shape index (κ3) is 6.29. The van der Waals surface area contributed by atoms with E-state index in [0.717, 1.165) is 5.56 Å². The van der Waals surface area contributed by atoms with Gasteiger partial charge in [0.1, 0.15) is 13.2 Å². The van der Waals surface area contributed by atoms with Crippen LogP contribution in [0.15, 0.2) is 24.3 Å². The quantitative estimate of drug-likeness (QED) is 0.776. The summed E-state index contributed by atoms with van der Waals surface area (Å²) in [6.45, 7) is 5.84. The maximum Gasteiger partial charge on any atom is 0.332 e. The Kier molecular flexibility index (Phi) is 4.97. The Morgan fingerprint density at radius 3 is 2.65 bits per heavy atom. The normalized spacial score (nSPS) is 11.3. The first-order valence-corrected chi connectivity index (χ1v) is 5.79. The molecule has 0 atom stereocenters. The number of carbonyl (C=O) groups is 1. The molecule has 0 bridgehead atoms. The smallest absolute Gasteiger partial charge is 0.332 e. The summed E-state index contributed by atoms with van der Waals surface area (Å²) in [5.74, 6) is -0.375. The summed E-state index contributed by atoms with van der Waals surface area (Å²) < 4.78 is 10.4. The van der Waals surface area contributed by atoms with E-state index in [1.54, 1.807) is 12.1 Å². The largest absolute Gasteiger partial charge is 0.459 e. The predicted octanol–water partition coefficient (Wildman–Crippen LogP) is 3.20. The van der Waals surface area contributed by atoms with Gasteiger partial charge in [-0.15, -0.1) is 0 Å². The van der Waals surface area contributed by atoms with Gasteiger partial charge in [-0.2, -0.15) is 0 Å². The van der Waals surface area contributed by atoms with Gasteiger partial charge in [-0.1, -0.05) is 23.7 Å². The Bertz CT molecular complexity index is 382. The Morgan fingerprint density at radius 2 is 2.06 bits per heavy atom. The van der Waals surface area contributed by atoms with E-state index in [1.165, 1.54) is 0 Å². The van der Waals surface area contributed by atoms with Gasteiger partial charge in [0.2, 0.25) is 0 Å². The van der Waals surface area contributed by atoms with E-state index in [2.05, 4.69) is 0 Å². The van der Waals surface area contributed by atoms with Crippen molar-refractivity contribution >= 4 is 17.6 Å². The molecule has 0 aliphatic heterocycles. The van der Waals surface area contributed by atoms with Gasteiger partial charge in [-0.3, -0.25) is 0 Å². The highest BCUT2D eigenvalue weighted by atomic mass is 35.5. The number of esters is 1. The molecule has 0 spiro atoms. The van der Waals surface area contributed by atoms with Crippen molar-refractivity contribution in [3.63, 3.8) is 0 Å². The van der Waals surface area contributed by atoms with Gasteiger partial charge in [0.05, 0.1) is 5.60 Å². The monoisotopic (exact) mass is 256 g/mol. The van der Waals surface area contributed by atoms with Crippen LogP contribution in [0.1, 0.15) is 26.3 Å². The van der Waals surface area contributed by atoms with Gasteiger partial charge in [0.25, 0.3) is 0 Å². The number of hydrogen-bond donors (Lipinski definition) is 0. The zero-order chi connectivity index (χ0) is 12.9. The summed E-state index contributed by atoms with van der Waals surface area (Å²) in [5.41, 5.74) is 0.524. The lowest BCUT2D eigenvalue weighted by Crippen LogP contribution is -2.24. The number of benzene rings is 1. The second-order valence-electron chi connectivity index (χ2n) is 4.69. The molecule has 1 rings (SSSR count). The Morgan fingerprint density at radius 1 is 1.35 bits per heavy atom. The summed E-state index contributed by atoms with van der Waals surface area (Å²) in [6.07, 6.45) is 0. The number of ether oxygens (including phenoxy) is 2. The summed E-state index contributed by atoms with van der Waals surface area (Å²) in [5, 5.41) is 0.629. The molecule has 1 aromatic carbocycles. The maximum atomic E-state index is 11.4. The summed E-state index contributed by atoms with van der Waals surface area (Å²) in [4.78, 5) is 11.4. The molecule has 17 heavy (non-hydrogen) atoms. The second-order valence-corrected chi connectivity index (χ2v) is 5.13. The van der Waals surface area contributed by atoms with Gasteiger partial charge in [-0.25, -0.2) is 4.79 Å². The average Bonchev–Trinajstić information content (AvgIpc) is 2.23. The lowest BCUT2D eigenvalue weighted by Gasteiger charge is -2.18. The van der Waals surface area contributed by atoms with Crippen LogP contribution in [0.2, 0.25) is 5.02 Å². The molecule has 4 heteroatoms. The molecule has 0 saturated carbocycles. The van der Waals surface area contributed by atoms with Crippen molar-refractivity contribution in [1.82, 2.24) is 0 Å². The van der Waals surface area contributed by atoms with Crippen LogP contribution in [0.4, 0.5) is 0 Å². The molecule has 0 aromatic heterocycles. The van der Waals surface area contributed by atoms with Crippen molar-refractivity contribution in [2.24, 2.45) is 0 Å². The molecule has 0 aliphatic rings. The van der Waals surface area contributed by atoms with Crippen LogP contribution >= 0.6 is 11.6 Å². The molecule has 0 heterocycles. The molecular weight excluding hydrogens is 240 g/mol. The third-order valence-corrected chi connectivity index (χ3v) is 2.15. The van der Waals surface area contributed by atoms with Crippen molar-refractivity contribution in [3.05, 3.63) is 34.9 Å². The summed E-state index contributed by atoms with van der Waals surface area (Å²) in [6, 6.07) is 7.20. The first-order valence-electron chi connectivity index (χ1n) is 5.41. The van der Waals surface area contributed by atoms with E-state index < -0.39 is 0 Å². The lowest BCUT2D eigenvalue weighted by molar-refractivity contribution is -0.155. The second kappa shape index (κ2) is 6.03. The maximum absolute atomic E-state index is 11.4. The van der Waals surface area contributed by atoms with Crippen molar-refractivity contribution in [1.29, 1.82) is 0 Å². The van der Waals surface area contributed by atoms with Gasteiger partial charge < -0.3 is 9.47 Å². The van der Waals surface area contributed by atoms with Crippen molar-refractivity contribution in [3.8, 4) is 0 Å². The molecular formula is C13H17ClO3. The zero-order valence-corrected chi connectivity index (χ0v) is 11.1. The Labute approximate surface area is 107 Å².